The quantitative estimate of drug-likeness (QED) is 0.332. The van der Waals surface area contributed by atoms with Gasteiger partial charge >= 0.3 is 0 Å². The molecule has 1 atom stereocenters. The number of aryl methyl sites for hydroxylation is 1. The lowest BCUT2D eigenvalue weighted by molar-refractivity contribution is 0.509. The van der Waals surface area contributed by atoms with Gasteiger partial charge < -0.3 is 0 Å². The predicted octanol–water partition coefficient (Wildman–Crippen LogP) is 5.23. The van der Waals surface area contributed by atoms with Crippen LogP contribution in [0, 0.1) is 17.2 Å². The van der Waals surface area contributed by atoms with Gasteiger partial charge in [0.1, 0.15) is 4.83 Å². The molecule has 27 heavy (non-hydrogen) atoms. The van der Waals surface area contributed by atoms with E-state index in [1.54, 1.807) is 28.0 Å². The molecule has 4 rings (SSSR count). The Morgan fingerprint density at radius 1 is 1.41 bits per heavy atom. The Morgan fingerprint density at radius 3 is 2.93 bits per heavy atom. The van der Waals surface area contributed by atoms with Crippen LogP contribution in [0.5, 0.6) is 0 Å². The van der Waals surface area contributed by atoms with Crippen LogP contribution >= 0.6 is 34.7 Å². The molecule has 138 valence electrons. The largest absolute Gasteiger partial charge is 0.268 e. The summed E-state index contributed by atoms with van der Waals surface area (Å²) >= 11 is 9.13. The van der Waals surface area contributed by atoms with E-state index in [1.165, 1.54) is 22.2 Å². The second-order valence-electron chi connectivity index (χ2n) is 6.80. The van der Waals surface area contributed by atoms with E-state index in [-0.39, 0.29) is 5.56 Å². The molecule has 1 unspecified atom stereocenters. The van der Waals surface area contributed by atoms with Crippen LogP contribution < -0.4 is 5.56 Å². The second-order valence-corrected chi connectivity index (χ2v) is 9.38. The van der Waals surface area contributed by atoms with Gasteiger partial charge in [0.05, 0.1) is 17.1 Å². The molecular weight excluding hydrogens is 398 g/mol. The van der Waals surface area contributed by atoms with E-state index >= 15 is 0 Å². The molecule has 1 aliphatic rings. The Morgan fingerprint density at radius 2 is 2.19 bits per heavy atom. The van der Waals surface area contributed by atoms with E-state index in [0.29, 0.717) is 28.3 Å². The highest BCUT2D eigenvalue weighted by atomic mass is 35.5. The number of nitrogens with zero attached hydrogens (tertiary/aromatic N) is 3. The summed E-state index contributed by atoms with van der Waals surface area (Å²) in [5.74, 6) is 1.25. The molecule has 0 saturated heterocycles. The minimum Gasteiger partial charge on any atom is -0.268 e. The Kier molecular flexibility index (Phi) is 5.27. The summed E-state index contributed by atoms with van der Waals surface area (Å²) in [5, 5.41) is 10.9. The molecule has 3 aromatic rings. The van der Waals surface area contributed by atoms with Gasteiger partial charge in [-0.2, -0.15) is 5.26 Å². The van der Waals surface area contributed by atoms with Gasteiger partial charge in [0, 0.05) is 22.1 Å². The summed E-state index contributed by atoms with van der Waals surface area (Å²) in [6, 6.07) is 9.39. The number of rotatable bonds is 4. The summed E-state index contributed by atoms with van der Waals surface area (Å²) in [6.07, 6.45) is 3.48. The highest BCUT2D eigenvalue weighted by Gasteiger charge is 2.25. The number of hydrogen-bond donors (Lipinski definition) is 0. The van der Waals surface area contributed by atoms with Crippen molar-refractivity contribution in [1.29, 1.82) is 5.26 Å². The number of thiophene rings is 1. The maximum absolute atomic E-state index is 13.5. The number of aromatic nitrogens is 2. The molecule has 0 aliphatic heterocycles. The lowest BCUT2D eigenvalue weighted by Gasteiger charge is -2.17. The van der Waals surface area contributed by atoms with Crippen LogP contribution in [0.4, 0.5) is 0 Å². The lowest BCUT2D eigenvalue weighted by atomic mass is 9.89. The van der Waals surface area contributed by atoms with Crippen LogP contribution in [0.3, 0.4) is 0 Å². The molecule has 0 N–H and O–H groups in total. The van der Waals surface area contributed by atoms with Gasteiger partial charge in [-0.15, -0.1) is 11.3 Å². The van der Waals surface area contributed by atoms with Gasteiger partial charge in [0.25, 0.3) is 5.56 Å². The summed E-state index contributed by atoms with van der Waals surface area (Å²) in [6.45, 7) is 2.26. The summed E-state index contributed by atoms with van der Waals surface area (Å²) in [4.78, 5) is 20.5. The topological polar surface area (TPSA) is 58.7 Å². The molecule has 2 heterocycles. The SMILES string of the molecule is CC1CCc2c(sc3nc(SCCC#N)n(-c4ccc(Cl)cc4)c(=O)c23)C1. The molecule has 4 nitrogen and oxygen atoms in total. The maximum atomic E-state index is 13.5. The zero-order chi connectivity index (χ0) is 19.0. The first kappa shape index (κ1) is 18.5. The average molecular weight is 416 g/mol. The Bertz CT molecular complexity index is 1100. The number of fused-ring (bicyclic) bond motifs is 3. The molecule has 0 fully saturated rings. The zero-order valence-corrected chi connectivity index (χ0v) is 17.3. The molecular formula is C20H18ClN3OS2. The molecule has 2 aromatic heterocycles. The van der Waals surface area contributed by atoms with Crippen LogP contribution in [0.2, 0.25) is 5.02 Å². The molecule has 0 spiro atoms. The van der Waals surface area contributed by atoms with Crippen molar-refractivity contribution in [3.63, 3.8) is 0 Å². The van der Waals surface area contributed by atoms with Crippen molar-refractivity contribution in [2.45, 2.75) is 37.8 Å². The third-order valence-corrected chi connectivity index (χ3v) is 7.17. The van der Waals surface area contributed by atoms with Crippen molar-refractivity contribution < 1.29 is 0 Å². The average Bonchev–Trinajstić information content (AvgIpc) is 3.00. The minimum atomic E-state index is -0.0196. The third kappa shape index (κ3) is 3.52. The number of halogens is 1. The number of hydrogen-bond acceptors (Lipinski definition) is 5. The highest BCUT2D eigenvalue weighted by molar-refractivity contribution is 7.99. The monoisotopic (exact) mass is 415 g/mol. The van der Waals surface area contributed by atoms with Crippen LogP contribution in [0.1, 0.15) is 30.2 Å². The summed E-state index contributed by atoms with van der Waals surface area (Å²) in [7, 11) is 0. The van der Waals surface area contributed by atoms with Gasteiger partial charge in [-0.05, 0) is 55.0 Å². The van der Waals surface area contributed by atoms with Crippen molar-refractivity contribution in [2.24, 2.45) is 5.92 Å². The van der Waals surface area contributed by atoms with Crippen LogP contribution in [-0.4, -0.2) is 15.3 Å². The molecule has 0 bridgehead atoms. The smallest absolute Gasteiger partial charge is 0.267 e. The van der Waals surface area contributed by atoms with E-state index < -0.39 is 0 Å². The third-order valence-electron chi connectivity index (χ3n) is 4.83. The van der Waals surface area contributed by atoms with Gasteiger partial charge in [0.2, 0.25) is 0 Å². The highest BCUT2D eigenvalue weighted by Crippen LogP contribution is 2.37. The predicted molar refractivity (Wildman–Crippen MR) is 112 cm³/mol. The van der Waals surface area contributed by atoms with E-state index in [0.717, 1.165) is 35.2 Å². The first-order chi connectivity index (χ1) is 13.1. The minimum absolute atomic E-state index is 0.0196. The van der Waals surface area contributed by atoms with Gasteiger partial charge in [-0.1, -0.05) is 30.3 Å². The number of benzene rings is 1. The van der Waals surface area contributed by atoms with Crippen molar-refractivity contribution in [3.05, 3.63) is 50.1 Å². The first-order valence-corrected chi connectivity index (χ1v) is 11.1. The lowest BCUT2D eigenvalue weighted by Crippen LogP contribution is -2.22. The van der Waals surface area contributed by atoms with E-state index in [2.05, 4.69) is 13.0 Å². The number of thioether (sulfide) groups is 1. The van der Waals surface area contributed by atoms with Crippen LogP contribution in [0.15, 0.2) is 34.2 Å². The fourth-order valence-corrected chi connectivity index (χ4v) is 5.88. The van der Waals surface area contributed by atoms with E-state index in [9.17, 15) is 4.79 Å². The molecule has 7 heteroatoms. The van der Waals surface area contributed by atoms with Crippen molar-refractivity contribution in [1.82, 2.24) is 9.55 Å². The standard InChI is InChI=1S/C20H18ClN3OS2/c1-12-3-8-15-16(11-12)27-18-17(15)19(25)24(14-6-4-13(21)5-7-14)20(23-18)26-10-2-9-22/h4-7,12H,2-3,8,10-11H2,1H3. The maximum Gasteiger partial charge on any atom is 0.267 e. The molecule has 0 radical (unpaired) electrons. The van der Waals surface area contributed by atoms with Crippen molar-refractivity contribution >= 4 is 44.9 Å². The van der Waals surface area contributed by atoms with Crippen molar-refractivity contribution in [3.8, 4) is 11.8 Å². The first-order valence-electron chi connectivity index (χ1n) is 8.91. The normalized spacial score (nSPS) is 16.3. The summed E-state index contributed by atoms with van der Waals surface area (Å²) < 4.78 is 1.67. The van der Waals surface area contributed by atoms with E-state index in [1.807, 2.05) is 12.1 Å². The Balaban J connectivity index is 1.93. The van der Waals surface area contributed by atoms with E-state index in [4.69, 9.17) is 21.8 Å². The van der Waals surface area contributed by atoms with Crippen molar-refractivity contribution in [2.75, 3.05) is 5.75 Å². The summed E-state index contributed by atoms with van der Waals surface area (Å²) in [5.41, 5.74) is 1.91. The van der Waals surface area contributed by atoms with Gasteiger partial charge in [-0.25, -0.2) is 4.98 Å². The van der Waals surface area contributed by atoms with Gasteiger partial charge in [0.15, 0.2) is 5.16 Å². The molecule has 1 aromatic carbocycles. The Hall–Kier alpha value is -1.81. The Labute approximate surface area is 170 Å². The molecule has 0 saturated carbocycles. The fraction of sp³-hybridized carbons (Fsp3) is 0.350. The van der Waals surface area contributed by atoms with Gasteiger partial charge in [-0.3, -0.25) is 9.36 Å². The van der Waals surface area contributed by atoms with Crippen LogP contribution in [0.25, 0.3) is 15.9 Å². The number of nitriles is 1. The molecule has 0 amide bonds. The van der Waals surface area contributed by atoms with Crippen LogP contribution in [-0.2, 0) is 12.8 Å². The zero-order valence-electron chi connectivity index (χ0n) is 14.9. The molecule has 1 aliphatic carbocycles. The second kappa shape index (κ2) is 7.67. The fourth-order valence-electron chi connectivity index (χ4n) is 3.47.